The number of aromatic nitrogens is 2. The second-order valence-corrected chi connectivity index (χ2v) is 11.4. The second kappa shape index (κ2) is 6.27. The van der Waals surface area contributed by atoms with E-state index in [2.05, 4.69) is 41.9 Å². The quantitative estimate of drug-likeness (QED) is 0.726. The number of hydrogen-bond donors (Lipinski definition) is 0. The van der Waals surface area contributed by atoms with Crippen molar-refractivity contribution in [3.05, 3.63) is 15.9 Å². The fourth-order valence-corrected chi connectivity index (χ4v) is 5.68. The van der Waals surface area contributed by atoms with Gasteiger partial charge in [0, 0.05) is 30.4 Å². The average Bonchev–Trinajstić information content (AvgIpc) is 3.20. The molecule has 1 aromatic heterocycles. The summed E-state index contributed by atoms with van der Waals surface area (Å²) in [4.78, 5) is 2.65. The maximum absolute atomic E-state index is 12.4. The van der Waals surface area contributed by atoms with Gasteiger partial charge in [-0.2, -0.15) is 9.50 Å². The van der Waals surface area contributed by atoms with Gasteiger partial charge in [0.2, 0.25) is 0 Å². The molecule has 5 nitrogen and oxygen atoms in total. The van der Waals surface area contributed by atoms with Crippen molar-refractivity contribution in [2.45, 2.75) is 70.8 Å². The van der Waals surface area contributed by atoms with Crippen LogP contribution in [0.25, 0.3) is 0 Å². The minimum absolute atomic E-state index is 0.259. The Morgan fingerprint density at radius 1 is 1.28 bits per heavy atom. The Kier molecular flexibility index (Phi) is 4.48. The summed E-state index contributed by atoms with van der Waals surface area (Å²) in [5.74, 6) is 1.22. The molecule has 7 heteroatoms. The second-order valence-electron chi connectivity index (χ2n) is 8.70. The zero-order valence-electron chi connectivity index (χ0n) is 15.5. The van der Waals surface area contributed by atoms with Crippen LogP contribution in [0.3, 0.4) is 0 Å². The first-order valence-corrected chi connectivity index (χ1v) is 11.1. The van der Waals surface area contributed by atoms with E-state index in [1.54, 1.807) is 0 Å². The van der Waals surface area contributed by atoms with Crippen molar-refractivity contribution >= 4 is 32.6 Å². The monoisotopic (exact) mass is 426 g/mol. The van der Waals surface area contributed by atoms with Gasteiger partial charge in [0.05, 0.1) is 17.0 Å². The SMILES string of the molecule is Cc1c(Br)nn2c1CN(C1CC3CC1C/C3=N\S(=O)C(C)(C)C)CC2. The van der Waals surface area contributed by atoms with Gasteiger partial charge in [0.25, 0.3) is 0 Å². The highest BCUT2D eigenvalue weighted by atomic mass is 79.9. The minimum Gasteiger partial charge on any atom is -0.292 e. The standard InChI is InChI=1S/C18H27BrN4OS/c1-11-16-10-22(5-6-23(16)20-17(11)19)15-9-12-7-13(15)8-14(12)21-25(24)18(2,3)4/h12-13,15H,5-10H2,1-4H3/b21-14+. The molecule has 2 fully saturated rings. The third-order valence-electron chi connectivity index (χ3n) is 6.01. The zero-order valence-corrected chi connectivity index (χ0v) is 17.9. The van der Waals surface area contributed by atoms with Crippen molar-refractivity contribution in [2.24, 2.45) is 16.2 Å². The molecule has 4 atom stereocenters. The Labute approximate surface area is 161 Å². The summed E-state index contributed by atoms with van der Waals surface area (Å²) in [6.45, 7) is 11.2. The molecule has 0 aromatic carbocycles. The Morgan fingerprint density at radius 2 is 2.04 bits per heavy atom. The number of fused-ring (bicyclic) bond motifs is 3. The Balaban J connectivity index is 1.46. The summed E-state index contributed by atoms with van der Waals surface area (Å²) < 4.78 is 19.8. The van der Waals surface area contributed by atoms with Gasteiger partial charge >= 0.3 is 0 Å². The van der Waals surface area contributed by atoms with Crippen LogP contribution in [0.4, 0.5) is 0 Å². The van der Waals surface area contributed by atoms with Crippen LogP contribution in [0.15, 0.2) is 9.00 Å². The summed E-state index contributed by atoms with van der Waals surface area (Å²) >= 11 is 3.56. The lowest BCUT2D eigenvalue weighted by Crippen LogP contribution is -2.44. The third-order valence-corrected chi connectivity index (χ3v) is 8.21. The van der Waals surface area contributed by atoms with E-state index in [9.17, 15) is 4.21 Å². The van der Waals surface area contributed by atoms with Gasteiger partial charge in [-0.25, -0.2) is 4.21 Å². The first-order valence-electron chi connectivity index (χ1n) is 9.19. The molecule has 0 amide bonds. The molecule has 138 valence electrons. The third kappa shape index (κ3) is 3.16. The van der Waals surface area contributed by atoms with Gasteiger partial charge in [-0.1, -0.05) is 0 Å². The molecule has 2 saturated carbocycles. The molecule has 25 heavy (non-hydrogen) atoms. The summed E-state index contributed by atoms with van der Waals surface area (Å²) in [7, 11) is -1.12. The molecular formula is C18H27BrN4OS. The average molecular weight is 427 g/mol. The first-order chi connectivity index (χ1) is 11.7. The van der Waals surface area contributed by atoms with Gasteiger partial charge < -0.3 is 0 Å². The topological polar surface area (TPSA) is 50.5 Å². The normalized spacial score (nSPS) is 32.4. The lowest BCUT2D eigenvalue weighted by atomic mass is 9.92. The van der Waals surface area contributed by atoms with E-state index in [1.807, 2.05) is 20.8 Å². The van der Waals surface area contributed by atoms with Gasteiger partial charge in [-0.05, 0) is 74.7 Å². The van der Waals surface area contributed by atoms with Crippen LogP contribution >= 0.6 is 15.9 Å². The van der Waals surface area contributed by atoms with Crippen molar-refractivity contribution < 1.29 is 4.21 Å². The van der Waals surface area contributed by atoms with Crippen LogP contribution in [0, 0.1) is 18.8 Å². The predicted octanol–water partition coefficient (Wildman–Crippen LogP) is 3.47. The molecule has 2 bridgehead atoms. The number of halogens is 1. The fraction of sp³-hybridized carbons (Fsp3) is 0.778. The molecule has 1 aromatic rings. The Hall–Kier alpha value is -0.530. The van der Waals surface area contributed by atoms with Crippen LogP contribution < -0.4 is 0 Å². The van der Waals surface area contributed by atoms with E-state index in [0.717, 1.165) is 30.7 Å². The van der Waals surface area contributed by atoms with Crippen LogP contribution in [-0.4, -0.2) is 41.9 Å². The lowest BCUT2D eigenvalue weighted by Gasteiger charge is -2.37. The minimum atomic E-state index is -1.12. The van der Waals surface area contributed by atoms with Gasteiger partial charge in [-0.3, -0.25) is 9.58 Å². The maximum Gasteiger partial charge on any atom is 0.144 e. The highest BCUT2D eigenvalue weighted by Gasteiger charge is 2.47. The molecule has 2 aliphatic carbocycles. The molecule has 1 aliphatic heterocycles. The van der Waals surface area contributed by atoms with Crippen molar-refractivity contribution in [1.82, 2.24) is 14.7 Å². The fourth-order valence-electron chi connectivity index (χ4n) is 4.55. The Bertz CT molecular complexity index is 751. The molecule has 4 rings (SSSR count). The molecule has 2 heterocycles. The van der Waals surface area contributed by atoms with Gasteiger partial charge in [-0.15, -0.1) is 0 Å². The summed E-state index contributed by atoms with van der Waals surface area (Å²) in [6.07, 6.45) is 3.44. The van der Waals surface area contributed by atoms with Crippen molar-refractivity contribution in [3.8, 4) is 0 Å². The predicted molar refractivity (Wildman–Crippen MR) is 105 cm³/mol. The van der Waals surface area contributed by atoms with Gasteiger partial charge in [0.15, 0.2) is 0 Å². The molecule has 0 saturated heterocycles. The molecule has 4 unspecified atom stereocenters. The Morgan fingerprint density at radius 3 is 2.68 bits per heavy atom. The van der Waals surface area contributed by atoms with Crippen molar-refractivity contribution in [2.75, 3.05) is 6.54 Å². The first kappa shape index (κ1) is 17.9. The number of nitrogens with zero attached hydrogens (tertiary/aromatic N) is 4. The van der Waals surface area contributed by atoms with E-state index in [1.165, 1.54) is 29.8 Å². The highest BCUT2D eigenvalue weighted by molar-refractivity contribution is 9.10. The van der Waals surface area contributed by atoms with Crippen molar-refractivity contribution in [3.63, 3.8) is 0 Å². The molecule has 0 spiro atoms. The van der Waals surface area contributed by atoms with E-state index in [4.69, 9.17) is 0 Å². The van der Waals surface area contributed by atoms with Crippen LogP contribution in [0.5, 0.6) is 0 Å². The number of rotatable bonds is 2. The van der Waals surface area contributed by atoms with E-state index in [-0.39, 0.29) is 4.75 Å². The van der Waals surface area contributed by atoms with Crippen LogP contribution in [-0.2, 0) is 24.1 Å². The van der Waals surface area contributed by atoms with E-state index in [0.29, 0.717) is 17.9 Å². The maximum atomic E-state index is 12.4. The van der Waals surface area contributed by atoms with E-state index < -0.39 is 11.0 Å². The molecular weight excluding hydrogens is 400 g/mol. The number of hydrogen-bond acceptors (Lipinski definition) is 3. The van der Waals surface area contributed by atoms with Crippen LogP contribution in [0.1, 0.15) is 51.3 Å². The molecule has 0 N–H and O–H groups in total. The van der Waals surface area contributed by atoms with Crippen LogP contribution in [0.2, 0.25) is 0 Å². The summed E-state index contributed by atoms with van der Waals surface area (Å²) in [6, 6.07) is 0.647. The lowest BCUT2D eigenvalue weighted by molar-refractivity contribution is 0.119. The van der Waals surface area contributed by atoms with E-state index >= 15 is 0 Å². The zero-order chi connectivity index (χ0) is 17.9. The van der Waals surface area contributed by atoms with Gasteiger partial charge in [0.1, 0.15) is 15.6 Å². The molecule has 3 aliphatic rings. The smallest absolute Gasteiger partial charge is 0.144 e. The summed E-state index contributed by atoms with van der Waals surface area (Å²) in [5.41, 5.74) is 3.84. The largest absolute Gasteiger partial charge is 0.292 e. The highest BCUT2D eigenvalue weighted by Crippen LogP contribution is 2.46. The van der Waals surface area contributed by atoms with Crippen molar-refractivity contribution in [1.29, 1.82) is 0 Å². The molecule has 0 radical (unpaired) electrons. The summed E-state index contributed by atoms with van der Waals surface area (Å²) in [5, 5.41) is 4.58.